The molecule has 6 rings (SSSR count). The summed E-state index contributed by atoms with van der Waals surface area (Å²) in [5.74, 6) is 1.29. The summed E-state index contributed by atoms with van der Waals surface area (Å²) in [5, 5.41) is 9.73. The topological polar surface area (TPSA) is 123 Å². The molecule has 43 heavy (non-hydrogen) atoms. The first-order valence-corrected chi connectivity index (χ1v) is 15.3. The number of fused-ring (bicyclic) bond motifs is 3. The summed E-state index contributed by atoms with van der Waals surface area (Å²) in [6.45, 7) is 7.14. The fraction of sp³-hybridized carbons (Fsp3) is 0.469. The molecule has 0 unspecified atom stereocenters. The van der Waals surface area contributed by atoms with Gasteiger partial charge in [0.05, 0.1) is 32.1 Å². The molecule has 0 atom stereocenters. The number of aromatic nitrogens is 2. The van der Waals surface area contributed by atoms with Crippen LogP contribution < -0.4 is 15.4 Å². The second-order valence-electron chi connectivity index (χ2n) is 11.7. The van der Waals surface area contributed by atoms with Gasteiger partial charge >= 0.3 is 5.97 Å². The van der Waals surface area contributed by atoms with Gasteiger partial charge in [-0.05, 0) is 60.7 Å². The van der Waals surface area contributed by atoms with Crippen LogP contribution >= 0.6 is 11.6 Å². The number of anilines is 2. The average Bonchev–Trinajstić information content (AvgIpc) is 2.99. The maximum Gasteiger partial charge on any atom is 0.303 e. The molecular weight excluding hydrogens is 570 g/mol. The molecule has 0 amide bonds. The van der Waals surface area contributed by atoms with Crippen LogP contribution in [-0.4, -0.2) is 85.1 Å². The molecule has 2 aromatic carbocycles. The lowest BCUT2D eigenvalue weighted by Crippen LogP contribution is -2.49. The van der Waals surface area contributed by atoms with E-state index in [1.807, 2.05) is 30.3 Å². The number of halogens is 1. The molecule has 3 heterocycles. The number of hydrogen-bond acceptors (Lipinski definition) is 9. The Morgan fingerprint density at radius 2 is 1.86 bits per heavy atom. The standard InChI is InChI=1S/C32H38ClN5O5/c33-24-4-1-22(2-5-24)18-43-25-6-8-26-23(17-25)3-7-27-29(26)35-31(34)36-30(27)38-13-11-37(12-14-38)15-16-41-19-32(20-42-21-32)10-9-28(39)40/h1-2,4-6,8,17H,3,7,9-16,18-21H2,(H,39,40)(H2,34,35,36). The van der Waals surface area contributed by atoms with E-state index in [-0.39, 0.29) is 17.8 Å². The van der Waals surface area contributed by atoms with Gasteiger partial charge in [-0.3, -0.25) is 9.69 Å². The number of nitrogens with two attached hydrogens (primary N) is 1. The summed E-state index contributed by atoms with van der Waals surface area (Å²) in [4.78, 5) is 25.1. The first kappa shape index (κ1) is 29.6. The number of hydrogen-bond donors (Lipinski definition) is 2. The van der Waals surface area contributed by atoms with Crippen LogP contribution in [0.2, 0.25) is 5.02 Å². The summed E-state index contributed by atoms with van der Waals surface area (Å²) in [5.41, 5.74) is 11.5. The molecule has 2 fully saturated rings. The fourth-order valence-electron chi connectivity index (χ4n) is 6.04. The lowest BCUT2D eigenvalue weighted by Gasteiger charge is -2.41. The van der Waals surface area contributed by atoms with E-state index in [1.165, 1.54) is 5.56 Å². The number of aliphatic carboxylic acids is 1. The molecule has 3 N–H and O–H groups in total. The highest BCUT2D eigenvalue weighted by Crippen LogP contribution is 2.39. The number of rotatable bonds is 12. The van der Waals surface area contributed by atoms with Crippen molar-refractivity contribution in [3.8, 4) is 17.0 Å². The molecule has 1 aliphatic carbocycles. The third-order valence-corrected chi connectivity index (χ3v) is 8.87. The van der Waals surface area contributed by atoms with E-state index >= 15 is 0 Å². The molecule has 2 aliphatic heterocycles. The van der Waals surface area contributed by atoms with Crippen molar-refractivity contribution in [2.75, 3.05) is 69.8 Å². The van der Waals surface area contributed by atoms with Gasteiger partial charge in [-0.25, -0.2) is 4.98 Å². The molecule has 10 nitrogen and oxygen atoms in total. The van der Waals surface area contributed by atoms with Gasteiger partial charge in [-0.15, -0.1) is 0 Å². The minimum atomic E-state index is -0.773. The third-order valence-electron chi connectivity index (χ3n) is 8.62. The van der Waals surface area contributed by atoms with Crippen LogP contribution in [0, 0.1) is 5.41 Å². The Bertz CT molecular complexity index is 1440. The van der Waals surface area contributed by atoms with Crippen molar-refractivity contribution in [3.05, 3.63) is 64.2 Å². The number of aryl methyl sites for hydroxylation is 1. The maximum atomic E-state index is 11.0. The lowest BCUT2D eigenvalue weighted by molar-refractivity contribution is -0.160. The zero-order valence-corrected chi connectivity index (χ0v) is 25.0. The van der Waals surface area contributed by atoms with E-state index in [4.69, 9.17) is 41.6 Å². The van der Waals surface area contributed by atoms with Crippen molar-refractivity contribution in [1.29, 1.82) is 0 Å². The molecule has 3 aliphatic rings. The molecular formula is C32H38ClN5O5. The molecule has 2 saturated heterocycles. The maximum absolute atomic E-state index is 11.0. The number of carbonyl (C=O) groups is 1. The van der Waals surface area contributed by atoms with Crippen LogP contribution in [-0.2, 0) is 33.7 Å². The summed E-state index contributed by atoms with van der Waals surface area (Å²) < 4.78 is 17.4. The summed E-state index contributed by atoms with van der Waals surface area (Å²) in [6.07, 6.45) is 2.48. The molecule has 228 valence electrons. The minimum absolute atomic E-state index is 0.145. The van der Waals surface area contributed by atoms with Crippen molar-refractivity contribution in [2.24, 2.45) is 5.41 Å². The SMILES string of the molecule is Nc1nc2c(c(N3CCN(CCOCC4(CCC(=O)O)COC4)CC3)n1)CCc1cc(OCc3ccc(Cl)cc3)ccc1-2. The number of benzene rings is 2. The first-order chi connectivity index (χ1) is 20.9. The second-order valence-corrected chi connectivity index (χ2v) is 12.2. The van der Waals surface area contributed by atoms with Crippen LogP contribution in [0.1, 0.15) is 29.5 Å². The van der Waals surface area contributed by atoms with Gasteiger partial charge in [-0.1, -0.05) is 23.7 Å². The predicted octanol–water partition coefficient (Wildman–Crippen LogP) is 4.08. The van der Waals surface area contributed by atoms with Crippen molar-refractivity contribution >= 4 is 29.3 Å². The van der Waals surface area contributed by atoms with Crippen molar-refractivity contribution in [2.45, 2.75) is 32.3 Å². The van der Waals surface area contributed by atoms with Gasteiger partial charge in [0.15, 0.2) is 0 Å². The zero-order chi connectivity index (χ0) is 29.8. The Morgan fingerprint density at radius 1 is 1.07 bits per heavy atom. The Labute approximate surface area is 256 Å². The molecule has 0 saturated carbocycles. The normalized spacial score (nSPS) is 17.6. The van der Waals surface area contributed by atoms with Gasteiger partial charge in [-0.2, -0.15) is 4.98 Å². The quantitative estimate of drug-likeness (QED) is 0.291. The zero-order valence-electron chi connectivity index (χ0n) is 24.3. The van der Waals surface area contributed by atoms with Gasteiger partial charge in [0.1, 0.15) is 18.2 Å². The highest BCUT2D eigenvalue weighted by atomic mass is 35.5. The van der Waals surface area contributed by atoms with Crippen LogP contribution in [0.15, 0.2) is 42.5 Å². The summed E-state index contributed by atoms with van der Waals surface area (Å²) in [6, 6.07) is 13.9. The van der Waals surface area contributed by atoms with E-state index in [9.17, 15) is 4.79 Å². The average molecular weight is 608 g/mol. The Kier molecular flexibility index (Phi) is 8.99. The second kappa shape index (κ2) is 13.1. The molecule has 11 heteroatoms. The third kappa shape index (κ3) is 7.04. The number of carboxylic acids is 1. The highest BCUT2D eigenvalue weighted by molar-refractivity contribution is 6.30. The minimum Gasteiger partial charge on any atom is -0.489 e. The van der Waals surface area contributed by atoms with Crippen LogP contribution in [0.25, 0.3) is 11.3 Å². The van der Waals surface area contributed by atoms with Gasteiger partial charge < -0.3 is 30.0 Å². The fourth-order valence-corrected chi connectivity index (χ4v) is 6.16. The Hall–Kier alpha value is -3.44. The first-order valence-electron chi connectivity index (χ1n) is 14.9. The predicted molar refractivity (Wildman–Crippen MR) is 165 cm³/mol. The monoisotopic (exact) mass is 607 g/mol. The van der Waals surface area contributed by atoms with Gasteiger partial charge in [0.2, 0.25) is 5.95 Å². The van der Waals surface area contributed by atoms with Gasteiger partial charge in [0.25, 0.3) is 0 Å². The Morgan fingerprint density at radius 3 is 2.58 bits per heavy atom. The van der Waals surface area contributed by atoms with Gasteiger partial charge in [0, 0.05) is 60.7 Å². The van der Waals surface area contributed by atoms with Crippen LogP contribution in [0.4, 0.5) is 11.8 Å². The molecule has 0 radical (unpaired) electrons. The lowest BCUT2D eigenvalue weighted by atomic mass is 9.82. The smallest absolute Gasteiger partial charge is 0.303 e. The van der Waals surface area contributed by atoms with E-state index < -0.39 is 5.97 Å². The molecule has 3 aromatic rings. The number of piperazine rings is 1. The number of ether oxygens (including phenoxy) is 3. The van der Waals surface area contributed by atoms with Crippen LogP contribution in [0.3, 0.4) is 0 Å². The molecule has 0 bridgehead atoms. The molecule has 0 spiro atoms. The highest BCUT2D eigenvalue weighted by Gasteiger charge is 2.39. The number of nitrogens with zero attached hydrogens (tertiary/aromatic N) is 4. The summed E-state index contributed by atoms with van der Waals surface area (Å²) >= 11 is 6.00. The number of carboxylic acid groups (broad SMARTS) is 1. The Balaban J connectivity index is 1.04. The van der Waals surface area contributed by atoms with Crippen molar-refractivity contribution in [3.63, 3.8) is 0 Å². The van der Waals surface area contributed by atoms with Crippen LogP contribution in [0.5, 0.6) is 5.75 Å². The molecule has 1 aromatic heterocycles. The van der Waals surface area contributed by atoms with E-state index in [0.29, 0.717) is 44.5 Å². The van der Waals surface area contributed by atoms with Crippen molar-refractivity contribution < 1.29 is 24.1 Å². The number of nitrogen functional groups attached to an aromatic ring is 1. The summed E-state index contributed by atoms with van der Waals surface area (Å²) in [7, 11) is 0. The van der Waals surface area contributed by atoms with E-state index in [2.05, 4.69) is 26.9 Å². The van der Waals surface area contributed by atoms with Crippen molar-refractivity contribution in [1.82, 2.24) is 14.9 Å². The van der Waals surface area contributed by atoms with E-state index in [0.717, 1.165) is 79.5 Å². The largest absolute Gasteiger partial charge is 0.489 e. The van der Waals surface area contributed by atoms with E-state index in [1.54, 1.807) is 0 Å².